The van der Waals surface area contributed by atoms with Crippen LogP contribution in [-0.4, -0.2) is 80.6 Å². The SMILES string of the molecule is O=C1COCC2(CN(C(=O)N3CC4(CC[C@H](Cc5cccc(S(=O)(=O)C(F)(F)F)c5)C4)C3)C2)N1. The maximum Gasteiger partial charge on any atom is 0.501 e. The first-order valence-electron chi connectivity index (χ1n) is 11.2. The number of morpholine rings is 1. The van der Waals surface area contributed by atoms with Gasteiger partial charge in [-0.3, -0.25) is 4.79 Å². The van der Waals surface area contributed by atoms with E-state index in [1.54, 1.807) is 15.9 Å². The molecular weight excluding hydrogens is 475 g/mol. The van der Waals surface area contributed by atoms with Crippen LogP contribution in [-0.2, 0) is 25.8 Å². The van der Waals surface area contributed by atoms with Gasteiger partial charge in [0, 0.05) is 31.6 Å². The topological polar surface area (TPSA) is 96.0 Å². The molecule has 2 spiro atoms. The molecule has 3 saturated heterocycles. The Hall–Kier alpha value is -2.34. The number of sulfone groups is 1. The fraction of sp³-hybridized carbons (Fsp3) is 0.636. The predicted molar refractivity (Wildman–Crippen MR) is 113 cm³/mol. The highest BCUT2D eigenvalue weighted by Gasteiger charge is 2.54. The van der Waals surface area contributed by atoms with Crippen LogP contribution in [0.5, 0.6) is 0 Å². The number of urea groups is 1. The van der Waals surface area contributed by atoms with Gasteiger partial charge >= 0.3 is 11.5 Å². The minimum atomic E-state index is -5.36. The minimum absolute atomic E-state index is 0.0146. The Morgan fingerprint density at radius 2 is 1.88 bits per heavy atom. The van der Waals surface area contributed by atoms with E-state index in [1.165, 1.54) is 6.07 Å². The molecule has 34 heavy (non-hydrogen) atoms. The second kappa shape index (κ2) is 7.84. The van der Waals surface area contributed by atoms with Gasteiger partial charge in [-0.2, -0.15) is 13.2 Å². The molecule has 0 bridgehead atoms. The Kier molecular flexibility index (Phi) is 5.40. The molecule has 0 unspecified atom stereocenters. The zero-order chi connectivity index (χ0) is 24.4. The van der Waals surface area contributed by atoms with E-state index in [-0.39, 0.29) is 29.9 Å². The molecule has 3 aliphatic heterocycles. The number of carbonyl (C=O) groups is 2. The third kappa shape index (κ3) is 4.04. The average Bonchev–Trinajstić information content (AvgIpc) is 3.14. The van der Waals surface area contributed by atoms with Crippen molar-refractivity contribution >= 4 is 21.8 Å². The summed E-state index contributed by atoms with van der Waals surface area (Å²) in [7, 11) is -5.36. The lowest BCUT2D eigenvalue weighted by Gasteiger charge is -2.56. The Balaban J connectivity index is 1.13. The summed E-state index contributed by atoms with van der Waals surface area (Å²) in [4.78, 5) is 27.1. The third-order valence-electron chi connectivity index (χ3n) is 7.44. The van der Waals surface area contributed by atoms with Crippen molar-refractivity contribution < 1.29 is 35.9 Å². The highest BCUT2D eigenvalue weighted by atomic mass is 32.2. The molecule has 5 rings (SSSR count). The summed E-state index contributed by atoms with van der Waals surface area (Å²) in [5.74, 6) is 0.0581. The van der Waals surface area contributed by atoms with E-state index in [0.29, 0.717) is 44.8 Å². The number of nitrogens with zero attached hydrogens (tertiary/aromatic N) is 2. The van der Waals surface area contributed by atoms with Crippen molar-refractivity contribution in [2.45, 2.75) is 41.6 Å². The fourth-order valence-corrected chi connectivity index (χ4v) is 6.72. The molecular formula is C22H26F3N3O5S. The number of nitrogens with one attached hydrogen (secondary N) is 1. The number of hydrogen-bond donors (Lipinski definition) is 1. The van der Waals surface area contributed by atoms with Gasteiger partial charge in [0.15, 0.2) is 0 Å². The van der Waals surface area contributed by atoms with E-state index in [0.717, 1.165) is 31.4 Å². The number of benzene rings is 1. The average molecular weight is 502 g/mol. The quantitative estimate of drug-likeness (QED) is 0.683. The van der Waals surface area contributed by atoms with Crippen LogP contribution in [0, 0.1) is 11.3 Å². The van der Waals surface area contributed by atoms with E-state index in [4.69, 9.17) is 4.74 Å². The number of hydrogen-bond acceptors (Lipinski definition) is 5. The molecule has 1 aromatic carbocycles. The van der Waals surface area contributed by atoms with Gasteiger partial charge in [-0.15, -0.1) is 0 Å². The Bertz CT molecular complexity index is 1110. The smallest absolute Gasteiger partial charge is 0.369 e. The summed E-state index contributed by atoms with van der Waals surface area (Å²) in [6, 6.07) is 5.05. The number of halogens is 3. The Labute approximate surface area is 195 Å². The van der Waals surface area contributed by atoms with Crippen LogP contribution in [0.25, 0.3) is 0 Å². The standard InChI is InChI=1S/C22H26F3N3O5S/c23-22(24,25)34(31,32)17-3-1-2-15(7-17)6-16-4-5-20(8-16)10-27(11-20)19(30)28-12-21(13-28)14-33-9-18(29)26-21/h1-3,7,16H,4-6,8-14H2,(H,26,29)/t16-/m1/s1. The summed E-state index contributed by atoms with van der Waals surface area (Å²) in [5.41, 5.74) is -5.21. The van der Waals surface area contributed by atoms with Crippen molar-refractivity contribution in [3.63, 3.8) is 0 Å². The predicted octanol–water partition coefficient (Wildman–Crippen LogP) is 1.95. The highest BCUT2D eigenvalue weighted by Crippen LogP contribution is 2.49. The summed E-state index contributed by atoms with van der Waals surface area (Å²) in [6.07, 6.45) is 3.16. The van der Waals surface area contributed by atoms with Crippen LogP contribution in [0.1, 0.15) is 24.8 Å². The first-order chi connectivity index (χ1) is 15.9. The van der Waals surface area contributed by atoms with Crippen LogP contribution in [0.2, 0.25) is 0 Å². The van der Waals surface area contributed by atoms with E-state index in [2.05, 4.69) is 5.32 Å². The van der Waals surface area contributed by atoms with Gasteiger partial charge in [-0.1, -0.05) is 12.1 Å². The molecule has 12 heteroatoms. The molecule has 1 atom stereocenters. The number of amides is 3. The van der Waals surface area contributed by atoms with Gasteiger partial charge in [0.25, 0.3) is 9.84 Å². The molecule has 1 aliphatic carbocycles. The number of alkyl halides is 3. The Morgan fingerprint density at radius 1 is 1.18 bits per heavy atom. The van der Waals surface area contributed by atoms with Crippen LogP contribution in [0.3, 0.4) is 0 Å². The summed E-state index contributed by atoms with van der Waals surface area (Å²) >= 11 is 0. The molecule has 1 N–H and O–H groups in total. The zero-order valence-electron chi connectivity index (χ0n) is 18.4. The van der Waals surface area contributed by atoms with Gasteiger partial charge in [0.1, 0.15) is 6.61 Å². The van der Waals surface area contributed by atoms with Crippen LogP contribution in [0.15, 0.2) is 29.2 Å². The fourth-order valence-electron chi connectivity index (χ4n) is 5.89. The van der Waals surface area contributed by atoms with Crippen molar-refractivity contribution in [1.29, 1.82) is 0 Å². The molecule has 186 valence electrons. The third-order valence-corrected chi connectivity index (χ3v) is 8.92. The largest absolute Gasteiger partial charge is 0.501 e. The van der Waals surface area contributed by atoms with Crippen LogP contribution >= 0.6 is 0 Å². The van der Waals surface area contributed by atoms with E-state index < -0.39 is 25.8 Å². The zero-order valence-corrected chi connectivity index (χ0v) is 19.3. The highest BCUT2D eigenvalue weighted by molar-refractivity contribution is 7.92. The lowest BCUT2D eigenvalue weighted by Crippen LogP contribution is -2.77. The maximum absolute atomic E-state index is 12.9. The summed E-state index contributed by atoms with van der Waals surface area (Å²) in [5, 5.41) is 2.91. The molecule has 0 aromatic heterocycles. The maximum atomic E-state index is 12.9. The van der Waals surface area contributed by atoms with E-state index in [9.17, 15) is 31.2 Å². The first-order valence-corrected chi connectivity index (χ1v) is 12.7. The number of rotatable bonds is 3. The van der Waals surface area contributed by atoms with E-state index in [1.807, 2.05) is 0 Å². The number of carbonyl (C=O) groups excluding carboxylic acids is 2. The minimum Gasteiger partial charge on any atom is -0.369 e. The van der Waals surface area contributed by atoms with Crippen molar-refractivity contribution in [1.82, 2.24) is 15.1 Å². The molecule has 4 aliphatic rings. The van der Waals surface area contributed by atoms with Crippen molar-refractivity contribution in [3.05, 3.63) is 29.8 Å². The van der Waals surface area contributed by atoms with Crippen molar-refractivity contribution in [3.8, 4) is 0 Å². The monoisotopic (exact) mass is 501 g/mol. The molecule has 0 radical (unpaired) electrons. The lowest BCUT2D eigenvalue weighted by molar-refractivity contribution is -0.142. The number of ether oxygens (including phenoxy) is 1. The molecule has 3 amide bonds. The lowest BCUT2D eigenvalue weighted by atomic mass is 9.77. The van der Waals surface area contributed by atoms with Gasteiger partial charge in [0.05, 0.1) is 17.0 Å². The van der Waals surface area contributed by atoms with Crippen LogP contribution < -0.4 is 5.32 Å². The van der Waals surface area contributed by atoms with Gasteiger partial charge in [-0.25, -0.2) is 13.2 Å². The number of likely N-dealkylation sites (tertiary alicyclic amines) is 2. The van der Waals surface area contributed by atoms with Gasteiger partial charge < -0.3 is 19.9 Å². The molecule has 1 aromatic rings. The summed E-state index contributed by atoms with van der Waals surface area (Å²) in [6.45, 7) is 2.59. The van der Waals surface area contributed by atoms with E-state index >= 15 is 0 Å². The second-order valence-corrected chi connectivity index (χ2v) is 12.2. The first kappa shape index (κ1) is 23.4. The second-order valence-electron chi connectivity index (χ2n) is 10.2. The molecule has 8 nitrogen and oxygen atoms in total. The Morgan fingerprint density at radius 3 is 2.56 bits per heavy atom. The van der Waals surface area contributed by atoms with Crippen LogP contribution in [0.4, 0.5) is 18.0 Å². The van der Waals surface area contributed by atoms with Crippen molar-refractivity contribution in [2.24, 2.45) is 11.3 Å². The molecule has 3 heterocycles. The summed E-state index contributed by atoms with van der Waals surface area (Å²) < 4.78 is 67.3. The van der Waals surface area contributed by atoms with Crippen molar-refractivity contribution in [2.75, 3.05) is 39.4 Å². The molecule has 4 fully saturated rings. The van der Waals surface area contributed by atoms with Gasteiger partial charge in [0.2, 0.25) is 5.91 Å². The molecule has 1 saturated carbocycles. The van der Waals surface area contributed by atoms with Gasteiger partial charge in [-0.05, 0) is 49.3 Å². The normalized spacial score (nSPS) is 25.7.